The number of carboxylic acids is 1. The molecular formula is C18H21N3O3. The van der Waals surface area contributed by atoms with E-state index in [2.05, 4.69) is 10.2 Å². The van der Waals surface area contributed by atoms with Gasteiger partial charge in [-0.1, -0.05) is 37.5 Å². The monoisotopic (exact) mass is 327 g/mol. The highest BCUT2D eigenvalue weighted by Crippen LogP contribution is 2.31. The number of rotatable bonds is 5. The minimum absolute atomic E-state index is 0.265. The maximum atomic E-state index is 12.8. The summed E-state index contributed by atoms with van der Waals surface area (Å²) in [7, 11) is 0. The quantitative estimate of drug-likeness (QED) is 0.883. The molecule has 1 amide bonds. The van der Waals surface area contributed by atoms with Crippen molar-refractivity contribution >= 4 is 17.6 Å². The summed E-state index contributed by atoms with van der Waals surface area (Å²) in [5, 5.41) is 16.2. The van der Waals surface area contributed by atoms with E-state index >= 15 is 0 Å². The van der Waals surface area contributed by atoms with Crippen molar-refractivity contribution < 1.29 is 14.7 Å². The van der Waals surface area contributed by atoms with Gasteiger partial charge in [0.25, 0.3) is 5.91 Å². The molecular weight excluding hydrogens is 306 g/mol. The molecule has 1 saturated carbocycles. The minimum Gasteiger partial charge on any atom is -0.480 e. The predicted molar refractivity (Wildman–Crippen MR) is 90.2 cm³/mol. The Morgan fingerprint density at radius 1 is 1.17 bits per heavy atom. The van der Waals surface area contributed by atoms with Gasteiger partial charge in [-0.15, -0.1) is 0 Å². The number of aromatic nitrogens is 2. The van der Waals surface area contributed by atoms with Crippen LogP contribution in [0.2, 0.25) is 0 Å². The van der Waals surface area contributed by atoms with Crippen molar-refractivity contribution in [3.63, 3.8) is 0 Å². The van der Waals surface area contributed by atoms with Gasteiger partial charge in [0, 0.05) is 17.3 Å². The maximum Gasteiger partial charge on any atom is 0.323 e. The number of nitrogens with zero attached hydrogens (tertiary/aromatic N) is 2. The number of hydrogen-bond acceptors (Lipinski definition) is 3. The number of carbonyl (C=O) groups is 2. The van der Waals surface area contributed by atoms with Crippen LogP contribution in [0.3, 0.4) is 0 Å². The fraction of sp³-hybridized carbons (Fsp3) is 0.389. The van der Waals surface area contributed by atoms with Crippen LogP contribution < -0.4 is 4.90 Å². The highest BCUT2D eigenvalue weighted by atomic mass is 16.4. The summed E-state index contributed by atoms with van der Waals surface area (Å²) in [4.78, 5) is 25.1. The van der Waals surface area contributed by atoms with E-state index in [9.17, 15) is 9.59 Å². The standard InChI is InChI=1S/C18H21N3O3/c22-17(23)12-21(14-9-5-2-6-10-14)18(24)16-11-15(19-20-16)13-7-3-1-4-8-13/h2,5-6,9-11,13H,1,3-4,7-8,12H2,(H,19,20)(H,22,23). The summed E-state index contributed by atoms with van der Waals surface area (Å²) < 4.78 is 0. The van der Waals surface area contributed by atoms with Crippen LogP contribution in [0.15, 0.2) is 36.4 Å². The average Bonchev–Trinajstić information content (AvgIpc) is 3.10. The lowest BCUT2D eigenvalue weighted by Crippen LogP contribution is -2.35. The van der Waals surface area contributed by atoms with E-state index in [1.54, 1.807) is 30.3 Å². The lowest BCUT2D eigenvalue weighted by Gasteiger charge is -2.20. The largest absolute Gasteiger partial charge is 0.480 e. The number of anilines is 1. The predicted octanol–water partition coefficient (Wildman–Crippen LogP) is 3.19. The van der Waals surface area contributed by atoms with Crippen LogP contribution in [-0.4, -0.2) is 33.7 Å². The van der Waals surface area contributed by atoms with Gasteiger partial charge in [-0.05, 0) is 31.0 Å². The van der Waals surface area contributed by atoms with Crippen molar-refractivity contribution in [2.45, 2.75) is 38.0 Å². The molecule has 2 aromatic rings. The van der Waals surface area contributed by atoms with Gasteiger partial charge >= 0.3 is 5.97 Å². The number of carbonyl (C=O) groups excluding carboxylic acids is 1. The van der Waals surface area contributed by atoms with Crippen molar-refractivity contribution in [2.75, 3.05) is 11.4 Å². The molecule has 24 heavy (non-hydrogen) atoms. The Labute approximate surface area is 140 Å². The first-order valence-corrected chi connectivity index (χ1v) is 8.29. The highest BCUT2D eigenvalue weighted by molar-refractivity contribution is 6.07. The smallest absolute Gasteiger partial charge is 0.323 e. The van der Waals surface area contributed by atoms with Crippen LogP contribution >= 0.6 is 0 Å². The first-order chi connectivity index (χ1) is 11.6. The number of nitrogens with one attached hydrogen (secondary N) is 1. The van der Waals surface area contributed by atoms with Gasteiger partial charge < -0.3 is 5.11 Å². The summed E-state index contributed by atoms with van der Waals surface area (Å²) in [6.07, 6.45) is 5.86. The first-order valence-electron chi connectivity index (χ1n) is 8.29. The minimum atomic E-state index is -1.06. The molecule has 0 unspecified atom stereocenters. The summed E-state index contributed by atoms with van der Waals surface area (Å²) in [6.45, 7) is -0.394. The Balaban J connectivity index is 1.82. The zero-order valence-corrected chi connectivity index (χ0v) is 13.4. The average molecular weight is 327 g/mol. The van der Waals surface area contributed by atoms with Gasteiger partial charge in [0.15, 0.2) is 5.69 Å². The van der Waals surface area contributed by atoms with Crippen LogP contribution in [0.5, 0.6) is 0 Å². The van der Waals surface area contributed by atoms with E-state index in [-0.39, 0.29) is 5.69 Å². The van der Waals surface area contributed by atoms with Gasteiger partial charge in [-0.25, -0.2) is 0 Å². The Morgan fingerprint density at radius 2 is 1.88 bits per heavy atom. The van der Waals surface area contributed by atoms with Gasteiger partial charge in [-0.2, -0.15) is 5.10 Å². The van der Waals surface area contributed by atoms with E-state index in [0.717, 1.165) is 18.5 Å². The number of amides is 1. The highest BCUT2D eigenvalue weighted by Gasteiger charge is 2.24. The zero-order chi connectivity index (χ0) is 16.9. The van der Waals surface area contributed by atoms with Crippen molar-refractivity contribution in [1.82, 2.24) is 10.2 Å². The Hall–Kier alpha value is -2.63. The molecule has 1 aliphatic rings. The van der Waals surface area contributed by atoms with Crippen molar-refractivity contribution in [1.29, 1.82) is 0 Å². The van der Waals surface area contributed by atoms with E-state index < -0.39 is 18.4 Å². The van der Waals surface area contributed by atoms with Crippen LogP contribution in [0.25, 0.3) is 0 Å². The maximum absolute atomic E-state index is 12.8. The molecule has 0 saturated heterocycles. The Morgan fingerprint density at radius 3 is 2.54 bits per heavy atom. The summed E-state index contributed by atoms with van der Waals surface area (Å²) in [5.41, 5.74) is 1.79. The molecule has 1 fully saturated rings. The van der Waals surface area contributed by atoms with Gasteiger partial charge in [0.2, 0.25) is 0 Å². The van der Waals surface area contributed by atoms with Crippen LogP contribution in [0.1, 0.15) is 54.2 Å². The Kier molecular flexibility index (Phi) is 4.93. The number of aromatic amines is 1. The molecule has 0 bridgehead atoms. The molecule has 126 valence electrons. The van der Waals surface area contributed by atoms with E-state index in [1.807, 2.05) is 6.07 Å². The number of carboxylic acid groups (broad SMARTS) is 1. The van der Waals surface area contributed by atoms with Crippen molar-refractivity contribution in [2.24, 2.45) is 0 Å². The molecule has 0 aliphatic heterocycles. The normalized spacial score (nSPS) is 15.2. The molecule has 0 spiro atoms. The second-order valence-corrected chi connectivity index (χ2v) is 6.16. The molecule has 1 aromatic heterocycles. The fourth-order valence-electron chi connectivity index (χ4n) is 3.23. The molecule has 6 heteroatoms. The van der Waals surface area contributed by atoms with Gasteiger partial charge in [0.05, 0.1) is 0 Å². The third-order valence-corrected chi connectivity index (χ3v) is 4.47. The van der Waals surface area contributed by atoms with E-state index in [4.69, 9.17) is 5.11 Å². The molecule has 0 atom stereocenters. The third kappa shape index (κ3) is 3.64. The number of aliphatic carboxylic acids is 1. The third-order valence-electron chi connectivity index (χ3n) is 4.47. The van der Waals surface area contributed by atoms with Crippen molar-refractivity contribution in [3.8, 4) is 0 Å². The number of benzene rings is 1. The molecule has 6 nitrogen and oxygen atoms in total. The summed E-state index contributed by atoms with van der Waals surface area (Å²) in [5.74, 6) is -1.05. The molecule has 1 aliphatic carbocycles. The second kappa shape index (κ2) is 7.29. The SMILES string of the molecule is O=C(O)CN(C(=O)c1cc(C2CCCCC2)[nH]n1)c1ccccc1. The molecule has 1 heterocycles. The summed E-state index contributed by atoms with van der Waals surface area (Å²) in [6, 6.07) is 10.6. The number of hydrogen-bond donors (Lipinski definition) is 2. The van der Waals surface area contributed by atoms with Crippen LogP contribution in [-0.2, 0) is 4.79 Å². The lowest BCUT2D eigenvalue weighted by atomic mass is 9.87. The second-order valence-electron chi connectivity index (χ2n) is 6.16. The number of H-pyrrole nitrogens is 1. The number of para-hydroxylation sites is 1. The lowest BCUT2D eigenvalue weighted by molar-refractivity contribution is -0.135. The summed E-state index contributed by atoms with van der Waals surface area (Å²) >= 11 is 0. The van der Waals surface area contributed by atoms with Gasteiger partial charge in [-0.3, -0.25) is 19.6 Å². The molecule has 2 N–H and O–H groups in total. The molecule has 1 aromatic carbocycles. The van der Waals surface area contributed by atoms with Crippen molar-refractivity contribution in [3.05, 3.63) is 47.8 Å². The zero-order valence-electron chi connectivity index (χ0n) is 13.4. The van der Waals surface area contributed by atoms with E-state index in [1.165, 1.54) is 24.2 Å². The van der Waals surface area contributed by atoms with Gasteiger partial charge in [0.1, 0.15) is 6.54 Å². The molecule has 0 radical (unpaired) electrons. The van der Waals surface area contributed by atoms with Crippen LogP contribution in [0, 0.1) is 0 Å². The van der Waals surface area contributed by atoms with E-state index in [0.29, 0.717) is 11.6 Å². The Bertz CT molecular complexity index is 705. The molecule has 3 rings (SSSR count). The topological polar surface area (TPSA) is 86.3 Å². The first kappa shape index (κ1) is 16.2. The fourth-order valence-corrected chi connectivity index (χ4v) is 3.23. The van der Waals surface area contributed by atoms with Crippen LogP contribution in [0.4, 0.5) is 5.69 Å².